The fraction of sp³-hybridized carbons (Fsp3) is 0.684. The quantitative estimate of drug-likeness (QED) is 0.387. The molecule has 0 N–H and O–H groups in total. The highest BCUT2D eigenvalue weighted by Crippen LogP contribution is 2.28. The van der Waals surface area contributed by atoms with Crippen LogP contribution >= 0.6 is 0 Å². The number of Topliss-reactive ketones (excluding diaryl/α,β-unsaturated/α-hetero) is 2. The van der Waals surface area contributed by atoms with E-state index in [4.69, 9.17) is 0 Å². The average Bonchev–Trinajstić information content (AvgIpc) is 2.51. The van der Waals surface area contributed by atoms with Crippen molar-refractivity contribution in [3.63, 3.8) is 0 Å². The number of ketones is 2. The molecule has 0 amide bonds. The molecule has 5 heteroatoms. The van der Waals surface area contributed by atoms with E-state index in [1.54, 1.807) is 20.8 Å². The van der Waals surface area contributed by atoms with Crippen LogP contribution < -0.4 is 0 Å². The maximum Gasteiger partial charge on any atom is 0.389 e. The van der Waals surface area contributed by atoms with Crippen molar-refractivity contribution in [2.75, 3.05) is 0 Å². The third-order valence-corrected chi connectivity index (χ3v) is 4.70. The summed E-state index contributed by atoms with van der Waals surface area (Å²) in [6.45, 7) is 5.10. The lowest BCUT2D eigenvalue weighted by molar-refractivity contribution is -0.135. The first-order valence-corrected chi connectivity index (χ1v) is 8.68. The lowest BCUT2D eigenvalue weighted by Crippen LogP contribution is -2.20. The van der Waals surface area contributed by atoms with Gasteiger partial charge in [0.05, 0.1) is 0 Å². The van der Waals surface area contributed by atoms with Gasteiger partial charge in [0.1, 0.15) is 0 Å². The fourth-order valence-electron chi connectivity index (χ4n) is 2.97. The van der Waals surface area contributed by atoms with E-state index in [0.717, 1.165) is 32.1 Å². The van der Waals surface area contributed by atoms with Crippen molar-refractivity contribution in [3.8, 4) is 0 Å². The van der Waals surface area contributed by atoms with Gasteiger partial charge in [0.15, 0.2) is 11.6 Å². The summed E-state index contributed by atoms with van der Waals surface area (Å²) in [4.78, 5) is 24.3. The van der Waals surface area contributed by atoms with Gasteiger partial charge in [-0.3, -0.25) is 9.59 Å². The minimum Gasteiger partial charge on any atom is -0.289 e. The summed E-state index contributed by atoms with van der Waals surface area (Å²) in [7, 11) is 0. The van der Waals surface area contributed by atoms with Crippen molar-refractivity contribution in [2.24, 2.45) is 0 Å². The number of rotatable bonds is 9. The van der Waals surface area contributed by atoms with Gasteiger partial charge in [0, 0.05) is 28.7 Å². The number of hydrogen-bond donors (Lipinski definition) is 0. The van der Waals surface area contributed by atoms with E-state index in [-0.39, 0.29) is 18.0 Å². The van der Waals surface area contributed by atoms with Crippen LogP contribution in [0.1, 0.15) is 78.6 Å². The molecule has 2 nitrogen and oxygen atoms in total. The minimum atomic E-state index is -4.04. The molecule has 0 aliphatic heterocycles. The highest BCUT2D eigenvalue weighted by atomic mass is 19.4. The lowest BCUT2D eigenvalue weighted by atomic mass is 9.84. The van der Waals surface area contributed by atoms with Crippen LogP contribution in [-0.4, -0.2) is 17.7 Å². The molecule has 24 heavy (non-hydrogen) atoms. The van der Waals surface area contributed by atoms with Crippen LogP contribution in [0.4, 0.5) is 13.2 Å². The molecule has 0 fully saturated rings. The van der Waals surface area contributed by atoms with Crippen molar-refractivity contribution in [3.05, 3.63) is 22.3 Å². The summed E-state index contributed by atoms with van der Waals surface area (Å²) in [5.41, 5.74) is 2.29. The summed E-state index contributed by atoms with van der Waals surface area (Å²) in [6.07, 6.45) is 1.14. The summed E-state index contributed by atoms with van der Waals surface area (Å²) >= 11 is 0. The molecule has 0 spiro atoms. The van der Waals surface area contributed by atoms with Gasteiger partial charge in [-0.15, -0.1) is 0 Å². The first kappa shape index (κ1) is 20.7. The van der Waals surface area contributed by atoms with Gasteiger partial charge in [0.25, 0.3) is 0 Å². The predicted molar refractivity (Wildman–Crippen MR) is 88.7 cm³/mol. The number of hydrogen-bond acceptors (Lipinski definition) is 2. The van der Waals surface area contributed by atoms with E-state index < -0.39 is 12.6 Å². The van der Waals surface area contributed by atoms with Crippen LogP contribution in [0.2, 0.25) is 0 Å². The lowest BCUT2D eigenvalue weighted by Gasteiger charge is -2.18. The number of halogens is 3. The molecule has 0 bridgehead atoms. The van der Waals surface area contributed by atoms with E-state index in [1.807, 2.05) is 0 Å². The molecular weight excluding hydrogens is 317 g/mol. The SMILES string of the molecule is CC1=C(C)C(=O)C(CCCCCCCCCC(F)(F)F)=C(C)C1=O. The normalized spacial score (nSPS) is 16.4. The average molecular weight is 344 g/mol. The second-order valence-electron chi connectivity index (χ2n) is 6.60. The largest absolute Gasteiger partial charge is 0.389 e. The summed E-state index contributed by atoms with van der Waals surface area (Å²) in [5, 5.41) is 0. The second-order valence-corrected chi connectivity index (χ2v) is 6.60. The van der Waals surface area contributed by atoms with E-state index >= 15 is 0 Å². The van der Waals surface area contributed by atoms with Gasteiger partial charge in [-0.2, -0.15) is 13.2 Å². The Kier molecular flexibility index (Phi) is 7.91. The molecule has 0 atom stereocenters. The van der Waals surface area contributed by atoms with Crippen molar-refractivity contribution in [1.82, 2.24) is 0 Å². The Hall–Kier alpha value is -1.39. The maximum absolute atomic E-state index is 12.3. The van der Waals surface area contributed by atoms with E-state index in [0.29, 0.717) is 35.1 Å². The van der Waals surface area contributed by atoms with Gasteiger partial charge in [-0.25, -0.2) is 0 Å². The number of unbranched alkanes of at least 4 members (excludes halogenated alkanes) is 6. The van der Waals surface area contributed by atoms with Gasteiger partial charge in [-0.05, 0) is 40.0 Å². The molecule has 136 valence electrons. The number of carbonyl (C=O) groups excluding carboxylic acids is 2. The highest BCUT2D eigenvalue weighted by molar-refractivity contribution is 6.24. The molecule has 1 aliphatic rings. The zero-order valence-corrected chi connectivity index (χ0v) is 14.8. The summed E-state index contributed by atoms with van der Waals surface area (Å²) in [6, 6.07) is 0. The van der Waals surface area contributed by atoms with Crippen LogP contribution in [0.15, 0.2) is 22.3 Å². The Morgan fingerprint density at radius 1 is 0.667 bits per heavy atom. The Balaban J connectivity index is 2.22. The molecule has 0 aromatic rings. The van der Waals surface area contributed by atoms with Crippen LogP contribution in [0, 0.1) is 0 Å². The molecule has 0 unspecified atom stereocenters. The van der Waals surface area contributed by atoms with Gasteiger partial charge in [0.2, 0.25) is 0 Å². The molecule has 0 aromatic heterocycles. The number of carbonyl (C=O) groups is 2. The molecule has 1 aliphatic carbocycles. The fourth-order valence-corrected chi connectivity index (χ4v) is 2.97. The van der Waals surface area contributed by atoms with Crippen molar-refractivity contribution in [1.29, 1.82) is 0 Å². The Morgan fingerprint density at radius 2 is 1.12 bits per heavy atom. The molecule has 0 aromatic carbocycles. The predicted octanol–water partition coefficient (Wildman–Crippen LogP) is 5.86. The number of allylic oxidation sites excluding steroid dienone is 4. The summed E-state index contributed by atoms with van der Waals surface area (Å²) in [5.74, 6) is -0.0523. The van der Waals surface area contributed by atoms with E-state index in [2.05, 4.69) is 0 Å². The third-order valence-electron chi connectivity index (χ3n) is 4.70. The standard InChI is InChI=1S/C19H27F3O2/c1-13-14(2)18(24)16(15(3)17(13)23)11-9-7-5-4-6-8-10-12-19(20,21)22/h4-12H2,1-3H3. The first-order chi connectivity index (χ1) is 11.1. The van der Waals surface area contributed by atoms with Gasteiger partial charge < -0.3 is 0 Å². The highest BCUT2D eigenvalue weighted by Gasteiger charge is 2.27. The van der Waals surface area contributed by atoms with Crippen molar-refractivity contribution < 1.29 is 22.8 Å². The van der Waals surface area contributed by atoms with Crippen molar-refractivity contribution in [2.45, 2.75) is 84.7 Å². The van der Waals surface area contributed by atoms with E-state index in [1.165, 1.54) is 0 Å². The Morgan fingerprint density at radius 3 is 1.67 bits per heavy atom. The Bertz CT molecular complexity index is 539. The summed E-state index contributed by atoms with van der Waals surface area (Å²) < 4.78 is 36.0. The molecule has 0 radical (unpaired) electrons. The molecule has 1 rings (SSSR count). The van der Waals surface area contributed by atoms with Crippen molar-refractivity contribution >= 4 is 11.6 Å². The topological polar surface area (TPSA) is 34.1 Å². The smallest absolute Gasteiger partial charge is 0.289 e. The van der Waals surface area contributed by atoms with Crippen LogP contribution in [-0.2, 0) is 9.59 Å². The monoisotopic (exact) mass is 344 g/mol. The van der Waals surface area contributed by atoms with E-state index in [9.17, 15) is 22.8 Å². The molecule has 0 saturated carbocycles. The Labute approximate surface area is 142 Å². The molecule has 0 saturated heterocycles. The third kappa shape index (κ3) is 6.25. The van der Waals surface area contributed by atoms with Crippen LogP contribution in [0.3, 0.4) is 0 Å². The maximum atomic E-state index is 12.3. The zero-order valence-electron chi connectivity index (χ0n) is 14.8. The van der Waals surface area contributed by atoms with Gasteiger partial charge in [-0.1, -0.05) is 32.1 Å². The molecule has 0 heterocycles. The second kappa shape index (κ2) is 9.19. The molecular formula is C19H27F3O2. The number of alkyl halides is 3. The van der Waals surface area contributed by atoms with Gasteiger partial charge >= 0.3 is 6.18 Å². The van der Waals surface area contributed by atoms with Crippen LogP contribution in [0.5, 0.6) is 0 Å². The minimum absolute atomic E-state index is 0.0169. The zero-order chi connectivity index (χ0) is 18.3. The van der Waals surface area contributed by atoms with Crippen LogP contribution in [0.25, 0.3) is 0 Å². The first-order valence-electron chi connectivity index (χ1n) is 8.68.